The molecule has 2 atom stereocenters. The average Bonchev–Trinajstić information content (AvgIpc) is 2.91. The van der Waals surface area contributed by atoms with Crippen molar-refractivity contribution in [1.29, 1.82) is 0 Å². The van der Waals surface area contributed by atoms with Crippen molar-refractivity contribution in [2.45, 2.75) is 25.5 Å². The molecule has 0 spiro atoms. The van der Waals surface area contributed by atoms with Crippen molar-refractivity contribution in [1.82, 2.24) is 0 Å². The maximum absolute atomic E-state index is 11.7. The second kappa shape index (κ2) is 4.35. The highest BCUT2D eigenvalue weighted by atomic mass is 32.2. The molecule has 0 heterocycles. The Morgan fingerprint density at radius 2 is 2.20 bits per heavy atom. The lowest BCUT2D eigenvalue weighted by Crippen LogP contribution is -2.33. The normalized spacial score (nSPS) is 30.1. The summed E-state index contributed by atoms with van der Waals surface area (Å²) in [4.78, 5) is 0.262. The second-order valence-corrected chi connectivity index (χ2v) is 6.71. The van der Waals surface area contributed by atoms with E-state index in [2.05, 4.69) is 0 Å². The Balaban J connectivity index is 2.79. The van der Waals surface area contributed by atoms with Crippen molar-refractivity contribution in [3.63, 3.8) is 0 Å². The van der Waals surface area contributed by atoms with E-state index in [1.807, 2.05) is 6.92 Å². The lowest BCUT2D eigenvalue weighted by atomic mass is 10.1. The lowest BCUT2D eigenvalue weighted by Gasteiger charge is -2.15. The molecule has 1 aliphatic rings. The molecule has 4 nitrogen and oxygen atoms in total. The molecule has 0 bridgehead atoms. The summed E-state index contributed by atoms with van der Waals surface area (Å²) in [5, 5.41) is -0.431. The predicted octanol–water partition coefficient (Wildman–Crippen LogP) is 0.502. The number of nitrogens with two attached hydrogens (primary N) is 1. The minimum Gasteiger partial charge on any atom is -0.393 e. The van der Waals surface area contributed by atoms with Gasteiger partial charge in [0.1, 0.15) is 0 Å². The van der Waals surface area contributed by atoms with Gasteiger partial charge in [-0.3, -0.25) is 0 Å². The molecule has 88 valence electrons. The van der Waals surface area contributed by atoms with Crippen LogP contribution in [0.15, 0.2) is 0 Å². The Morgan fingerprint density at radius 3 is 2.60 bits per heavy atom. The van der Waals surface area contributed by atoms with Crippen LogP contribution in [0.5, 0.6) is 0 Å². The van der Waals surface area contributed by atoms with Crippen molar-refractivity contribution in [3.05, 3.63) is 0 Å². The van der Waals surface area contributed by atoms with E-state index in [0.717, 1.165) is 0 Å². The van der Waals surface area contributed by atoms with Gasteiger partial charge in [-0.1, -0.05) is 19.1 Å². The Kier molecular flexibility index (Phi) is 3.73. The van der Waals surface area contributed by atoms with Crippen LogP contribution >= 0.6 is 12.2 Å². The van der Waals surface area contributed by atoms with Crippen LogP contribution in [0.4, 0.5) is 0 Å². The molecule has 15 heavy (non-hydrogen) atoms. The van der Waals surface area contributed by atoms with E-state index in [4.69, 9.17) is 22.7 Å². The van der Waals surface area contributed by atoms with Crippen LogP contribution < -0.4 is 5.73 Å². The molecule has 0 aromatic carbocycles. The van der Waals surface area contributed by atoms with Crippen LogP contribution in [0, 0.1) is 5.41 Å². The molecule has 1 rings (SSSR count). The van der Waals surface area contributed by atoms with Crippen LogP contribution in [0.25, 0.3) is 0 Å². The molecule has 0 aromatic rings. The van der Waals surface area contributed by atoms with Gasteiger partial charge in [-0.15, -0.1) is 0 Å². The maximum atomic E-state index is 11.7. The van der Waals surface area contributed by atoms with Crippen LogP contribution in [0.3, 0.4) is 0 Å². The van der Waals surface area contributed by atoms with Crippen molar-refractivity contribution in [3.8, 4) is 0 Å². The fraction of sp³-hybridized carbons (Fsp3) is 0.889. The van der Waals surface area contributed by atoms with Crippen molar-refractivity contribution >= 4 is 27.0 Å². The zero-order valence-electron chi connectivity index (χ0n) is 9.02. The van der Waals surface area contributed by atoms with Gasteiger partial charge in [-0.2, -0.15) is 0 Å². The molecule has 0 aliphatic heterocycles. The fourth-order valence-electron chi connectivity index (χ4n) is 1.71. The van der Waals surface area contributed by atoms with Crippen LogP contribution in [-0.4, -0.2) is 37.6 Å². The minimum absolute atomic E-state index is 0.133. The summed E-state index contributed by atoms with van der Waals surface area (Å²) >= 11 is 4.93. The summed E-state index contributed by atoms with van der Waals surface area (Å²) in [6.45, 7) is 4.36. The summed E-state index contributed by atoms with van der Waals surface area (Å²) in [7, 11) is -3.06. The van der Waals surface area contributed by atoms with Crippen molar-refractivity contribution in [2.24, 2.45) is 11.1 Å². The second-order valence-electron chi connectivity index (χ2n) is 3.80. The van der Waals surface area contributed by atoms with Crippen molar-refractivity contribution in [2.75, 3.05) is 19.0 Å². The third-order valence-corrected chi connectivity index (χ3v) is 5.59. The lowest BCUT2D eigenvalue weighted by molar-refractivity contribution is 0.123. The number of thiocarbonyl (C=S) groups is 1. The first-order valence-corrected chi connectivity index (χ1v) is 7.12. The average molecular weight is 251 g/mol. The molecule has 0 amide bonds. The quantitative estimate of drug-likeness (QED) is 0.696. The van der Waals surface area contributed by atoms with Crippen LogP contribution in [0.1, 0.15) is 20.3 Å². The number of sulfone groups is 1. The number of hydrogen-bond donors (Lipinski definition) is 1. The highest BCUT2D eigenvalue weighted by molar-refractivity contribution is 7.92. The zero-order valence-corrected chi connectivity index (χ0v) is 10.7. The third-order valence-electron chi connectivity index (χ3n) is 2.90. The van der Waals surface area contributed by atoms with E-state index >= 15 is 0 Å². The molecule has 0 saturated heterocycles. The van der Waals surface area contributed by atoms with Gasteiger partial charge in [0.2, 0.25) is 0 Å². The third kappa shape index (κ3) is 2.32. The maximum Gasteiger partial charge on any atom is 0.153 e. The van der Waals surface area contributed by atoms with Crippen molar-refractivity contribution < 1.29 is 13.2 Å². The topological polar surface area (TPSA) is 69.4 Å². The summed E-state index contributed by atoms with van der Waals surface area (Å²) in [5.74, 6) is 0.133. The standard InChI is InChI=1S/C9H17NO3S2/c1-3-13-6-9(8(10)14)5-7(9)15(11,12)4-2/h7H,3-6H2,1-2H3,(H2,10,14). The minimum atomic E-state index is -3.06. The molecular formula is C9H17NO3S2. The number of rotatable bonds is 6. The Hall–Kier alpha value is -0.200. The van der Waals surface area contributed by atoms with Gasteiger partial charge in [0.15, 0.2) is 9.84 Å². The predicted molar refractivity (Wildman–Crippen MR) is 63.6 cm³/mol. The molecule has 1 saturated carbocycles. The highest BCUT2D eigenvalue weighted by Gasteiger charge is 2.62. The monoisotopic (exact) mass is 251 g/mol. The SMILES string of the molecule is CCOCC1(C(N)=S)CC1S(=O)(=O)CC. The Morgan fingerprint density at radius 1 is 1.60 bits per heavy atom. The van der Waals surface area contributed by atoms with Gasteiger partial charge >= 0.3 is 0 Å². The van der Waals surface area contributed by atoms with Gasteiger partial charge in [0.25, 0.3) is 0 Å². The Labute approximate surface area is 96.1 Å². The zero-order chi connectivity index (χ0) is 11.7. The van der Waals surface area contributed by atoms with E-state index in [1.165, 1.54) is 0 Å². The summed E-state index contributed by atoms with van der Waals surface area (Å²) in [6, 6.07) is 0. The highest BCUT2D eigenvalue weighted by Crippen LogP contribution is 2.51. The molecule has 2 unspecified atom stereocenters. The summed E-state index contributed by atoms with van der Waals surface area (Å²) in [6.07, 6.45) is 0.512. The van der Waals surface area contributed by atoms with E-state index in [-0.39, 0.29) is 10.7 Å². The first-order chi connectivity index (χ1) is 6.90. The van der Waals surface area contributed by atoms with Gasteiger partial charge in [-0.25, -0.2) is 8.42 Å². The number of hydrogen-bond acceptors (Lipinski definition) is 4. The van der Waals surface area contributed by atoms with Gasteiger partial charge in [-0.05, 0) is 13.3 Å². The molecule has 0 radical (unpaired) electrons. The van der Waals surface area contributed by atoms with E-state index < -0.39 is 20.5 Å². The smallest absolute Gasteiger partial charge is 0.153 e. The van der Waals surface area contributed by atoms with E-state index in [0.29, 0.717) is 19.6 Å². The summed E-state index contributed by atoms with van der Waals surface area (Å²) < 4.78 is 28.6. The number of ether oxygens (including phenoxy) is 1. The van der Waals surface area contributed by atoms with Gasteiger partial charge in [0.05, 0.1) is 22.3 Å². The fourth-order valence-corrected chi connectivity index (χ4v) is 3.91. The van der Waals surface area contributed by atoms with Crippen LogP contribution in [0.2, 0.25) is 0 Å². The molecule has 1 aliphatic carbocycles. The Bertz CT molecular complexity index is 352. The van der Waals surface area contributed by atoms with Gasteiger partial charge < -0.3 is 10.5 Å². The van der Waals surface area contributed by atoms with E-state index in [9.17, 15) is 8.42 Å². The molecule has 1 fully saturated rings. The van der Waals surface area contributed by atoms with E-state index in [1.54, 1.807) is 6.92 Å². The molecule has 0 aromatic heterocycles. The van der Waals surface area contributed by atoms with Gasteiger partial charge in [0, 0.05) is 12.4 Å². The molecule has 2 N–H and O–H groups in total. The first kappa shape index (κ1) is 12.9. The molecular weight excluding hydrogens is 234 g/mol. The summed E-state index contributed by atoms with van der Waals surface area (Å²) in [5.41, 5.74) is 5.01. The van der Waals surface area contributed by atoms with Crippen LogP contribution in [-0.2, 0) is 14.6 Å². The molecule has 6 heteroatoms. The largest absolute Gasteiger partial charge is 0.393 e. The first-order valence-electron chi connectivity index (χ1n) is 5.00.